The number of fused-ring (bicyclic) bond motifs is 2. The first-order chi connectivity index (χ1) is 17.4. The highest BCUT2D eigenvalue weighted by Crippen LogP contribution is 2.65. The fraction of sp³-hybridized carbons (Fsp3) is 0.480. The maximum Gasteiger partial charge on any atom is 0.332 e. The molecule has 0 radical (unpaired) electrons. The highest BCUT2D eigenvalue weighted by atomic mass is 32.2. The van der Waals surface area contributed by atoms with Crippen LogP contribution >= 0.6 is 47.0 Å². The van der Waals surface area contributed by atoms with E-state index in [1.165, 1.54) is 53.1 Å². The van der Waals surface area contributed by atoms with Gasteiger partial charge in [-0.1, -0.05) is 60.9 Å². The SMILES string of the molecule is CCCC(=O)Cc1c2c(c(OC(=O)CCC)c3c1S/C(=C\C(=O)OCC)S3)S/C(=C\COOCC)S2. The van der Waals surface area contributed by atoms with E-state index >= 15 is 0 Å². The number of ether oxygens (including phenoxy) is 2. The van der Waals surface area contributed by atoms with Crippen LogP contribution in [-0.4, -0.2) is 37.5 Å². The first-order valence-electron chi connectivity index (χ1n) is 11.9. The summed E-state index contributed by atoms with van der Waals surface area (Å²) in [4.78, 5) is 51.0. The predicted molar refractivity (Wildman–Crippen MR) is 144 cm³/mol. The Morgan fingerprint density at radius 2 is 1.42 bits per heavy atom. The number of esters is 2. The topological polar surface area (TPSA) is 88.1 Å². The van der Waals surface area contributed by atoms with E-state index in [1.54, 1.807) is 6.92 Å². The van der Waals surface area contributed by atoms with Gasteiger partial charge in [0, 0.05) is 39.4 Å². The highest BCUT2D eigenvalue weighted by Gasteiger charge is 2.37. The summed E-state index contributed by atoms with van der Waals surface area (Å²) < 4.78 is 12.7. The van der Waals surface area contributed by atoms with E-state index in [4.69, 9.17) is 19.2 Å². The minimum absolute atomic E-state index is 0.147. The maximum atomic E-state index is 12.8. The summed E-state index contributed by atoms with van der Waals surface area (Å²) in [6.45, 7) is 8.53. The molecule has 36 heavy (non-hydrogen) atoms. The van der Waals surface area contributed by atoms with E-state index in [1.807, 2.05) is 26.8 Å². The summed E-state index contributed by atoms with van der Waals surface area (Å²) in [5.74, 6) is -0.104. The second-order valence-corrected chi connectivity index (χ2v) is 12.4. The Morgan fingerprint density at radius 3 is 2.06 bits per heavy atom. The zero-order chi connectivity index (χ0) is 26.1. The smallest absolute Gasteiger partial charge is 0.332 e. The molecule has 0 saturated heterocycles. The molecule has 2 heterocycles. The number of hydrogen-bond acceptors (Lipinski definition) is 11. The normalized spacial score (nSPS) is 16.3. The monoisotopic (exact) mass is 570 g/mol. The second-order valence-electron chi connectivity index (χ2n) is 7.65. The average Bonchev–Trinajstić information content (AvgIpc) is 3.44. The lowest BCUT2D eigenvalue weighted by atomic mass is 10.1. The van der Waals surface area contributed by atoms with E-state index in [0.29, 0.717) is 31.6 Å². The van der Waals surface area contributed by atoms with Crippen molar-refractivity contribution in [3.63, 3.8) is 0 Å². The lowest BCUT2D eigenvalue weighted by Gasteiger charge is -2.16. The number of Topliss-reactive ketones (excluding diaryl/α,β-unsaturated/α-hetero) is 1. The van der Waals surface area contributed by atoms with Crippen molar-refractivity contribution in [2.45, 2.75) is 79.4 Å². The van der Waals surface area contributed by atoms with Crippen LogP contribution in [0.3, 0.4) is 0 Å². The fourth-order valence-electron chi connectivity index (χ4n) is 3.37. The molecular weight excluding hydrogens is 541 g/mol. The van der Waals surface area contributed by atoms with Gasteiger partial charge in [-0.2, -0.15) is 0 Å². The molecular formula is C25H30O7S4. The van der Waals surface area contributed by atoms with E-state index in [-0.39, 0.29) is 31.4 Å². The van der Waals surface area contributed by atoms with Gasteiger partial charge in [0.05, 0.1) is 27.2 Å². The van der Waals surface area contributed by atoms with Gasteiger partial charge >= 0.3 is 11.9 Å². The summed E-state index contributed by atoms with van der Waals surface area (Å²) in [5, 5.41) is 0. The van der Waals surface area contributed by atoms with Crippen molar-refractivity contribution in [2.24, 2.45) is 0 Å². The van der Waals surface area contributed by atoms with Crippen LogP contribution in [0, 0.1) is 0 Å². The molecule has 0 unspecified atom stereocenters. The van der Waals surface area contributed by atoms with Crippen LogP contribution in [0.4, 0.5) is 0 Å². The van der Waals surface area contributed by atoms with Crippen LogP contribution in [-0.2, 0) is 35.3 Å². The molecule has 0 saturated carbocycles. The molecule has 0 N–H and O–H groups in total. The van der Waals surface area contributed by atoms with E-state index in [0.717, 1.165) is 40.0 Å². The van der Waals surface area contributed by atoms with Gasteiger partial charge in [0.1, 0.15) is 12.4 Å². The Hall–Kier alpha value is -1.37. The molecule has 0 fully saturated rings. The molecule has 0 amide bonds. The van der Waals surface area contributed by atoms with Gasteiger partial charge in [-0.3, -0.25) is 9.59 Å². The van der Waals surface area contributed by atoms with Crippen molar-refractivity contribution in [2.75, 3.05) is 19.8 Å². The van der Waals surface area contributed by atoms with Gasteiger partial charge in [-0.15, -0.1) is 0 Å². The summed E-state index contributed by atoms with van der Waals surface area (Å²) >= 11 is 5.81. The molecule has 11 heteroatoms. The Morgan fingerprint density at radius 1 is 0.778 bits per heavy atom. The fourth-order valence-corrected chi connectivity index (χ4v) is 8.63. The number of carbonyl (C=O) groups is 3. The maximum absolute atomic E-state index is 12.8. The van der Waals surface area contributed by atoms with Crippen molar-refractivity contribution >= 4 is 64.8 Å². The zero-order valence-corrected chi connectivity index (χ0v) is 24.1. The Bertz CT molecular complexity index is 1000. The molecule has 0 aliphatic carbocycles. The third kappa shape index (κ3) is 7.58. The minimum Gasteiger partial charge on any atom is -0.463 e. The summed E-state index contributed by atoms with van der Waals surface area (Å²) in [5.41, 5.74) is 0.908. The Labute approximate surface area is 228 Å². The van der Waals surface area contributed by atoms with Gasteiger partial charge in [0.15, 0.2) is 5.75 Å². The first kappa shape index (κ1) is 29.2. The molecule has 196 valence electrons. The number of thioether (sulfide) groups is 4. The number of carbonyl (C=O) groups excluding carboxylic acids is 3. The first-order valence-corrected chi connectivity index (χ1v) is 15.2. The van der Waals surface area contributed by atoms with Gasteiger partial charge in [-0.05, 0) is 38.3 Å². The van der Waals surface area contributed by atoms with Crippen molar-refractivity contribution in [3.8, 4) is 5.75 Å². The van der Waals surface area contributed by atoms with E-state index in [9.17, 15) is 14.4 Å². The minimum atomic E-state index is -0.427. The molecule has 0 spiro atoms. The zero-order valence-electron chi connectivity index (χ0n) is 20.8. The molecule has 1 aromatic rings. The van der Waals surface area contributed by atoms with Gasteiger partial charge in [0.2, 0.25) is 0 Å². The quantitative estimate of drug-likeness (QED) is 0.0619. The molecule has 3 rings (SSSR count). The van der Waals surface area contributed by atoms with Crippen molar-refractivity contribution in [1.82, 2.24) is 0 Å². The number of hydrogen-bond donors (Lipinski definition) is 0. The van der Waals surface area contributed by atoms with Crippen LogP contribution < -0.4 is 4.74 Å². The lowest BCUT2D eigenvalue weighted by Crippen LogP contribution is -2.10. The summed E-state index contributed by atoms with van der Waals surface area (Å²) in [7, 11) is 0. The van der Waals surface area contributed by atoms with Crippen LogP contribution in [0.15, 0.2) is 40.2 Å². The summed E-state index contributed by atoms with van der Waals surface area (Å²) in [6, 6.07) is 0. The largest absolute Gasteiger partial charge is 0.463 e. The van der Waals surface area contributed by atoms with Crippen molar-refractivity contribution in [3.05, 3.63) is 26.2 Å². The van der Waals surface area contributed by atoms with Crippen molar-refractivity contribution in [1.29, 1.82) is 0 Å². The molecule has 0 bridgehead atoms. The molecule has 7 nitrogen and oxygen atoms in total. The molecule has 2 aliphatic rings. The Balaban J connectivity index is 2.07. The van der Waals surface area contributed by atoms with Gasteiger partial charge < -0.3 is 9.47 Å². The standard InChI is InChI=1S/C25H30O7S4/c1-5-9-15(26)13-16-22-24(34-19(33-22)11-12-31-30-8-4)21(32-17(27)10-6-2)25-23(16)35-20(36-25)14-18(28)29-7-3/h11,14H,5-10,12-13H2,1-4H3/b19-11-,20-14+. The second kappa shape index (κ2) is 14.5. The lowest BCUT2D eigenvalue weighted by molar-refractivity contribution is -0.282. The number of ketones is 1. The third-order valence-corrected chi connectivity index (χ3v) is 9.93. The van der Waals surface area contributed by atoms with Crippen LogP contribution in [0.1, 0.15) is 58.9 Å². The number of benzene rings is 1. The summed E-state index contributed by atoms with van der Waals surface area (Å²) in [6.07, 6.45) is 5.87. The molecule has 0 aromatic heterocycles. The predicted octanol–water partition coefficient (Wildman–Crippen LogP) is 6.91. The van der Waals surface area contributed by atoms with Crippen LogP contribution in [0.5, 0.6) is 5.75 Å². The van der Waals surface area contributed by atoms with Crippen LogP contribution in [0.2, 0.25) is 0 Å². The van der Waals surface area contributed by atoms with Crippen LogP contribution in [0.25, 0.3) is 0 Å². The van der Waals surface area contributed by atoms with E-state index in [2.05, 4.69) is 0 Å². The molecule has 0 atom stereocenters. The molecule has 1 aromatic carbocycles. The van der Waals surface area contributed by atoms with E-state index < -0.39 is 5.97 Å². The molecule has 2 aliphatic heterocycles. The Kier molecular flexibility index (Phi) is 11.8. The van der Waals surface area contributed by atoms with Crippen molar-refractivity contribution < 1.29 is 33.6 Å². The number of rotatable bonds is 13. The third-order valence-electron chi connectivity index (χ3n) is 4.80. The average molecular weight is 571 g/mol. The van der Waals surface area contributed by atoms with Gasteiger partial charge in [0.25, 0.3) is 0 Å². The highest BCUT2D eigenvalue weighted by molar-refractivity contribution is 8.25. The van der Waals surface area contributed by atoms with Gasteiger partial charge in [-0.25, -0.2) is 14.6 Å².